The molecular weight excluding hydrogens is 334 g/mol. The molecule has 0 atom stereocenters. The Morgan fingerprint density at radius 1 is 1.26 bits per heavy atom. The van der Waals surface area contributed by atoms with Gasteiger partial charge < -0.3 is 14.8 Å². The topological polar surface area (TPSA) is 64.6 Å². The maximum atomic E-state index is 12.1. The minimum Gasteiger partial charge on any atom is -0.496 e. The number of esters is 1. The zero-order valence-electron chi connectivity index (χ0n) is 12.8. The average Bonchev–Trinajstić information content (AvgIpc) is 3.01. The van der Waals surface area contributed by atoms with Gasteiger partial charge in [0.1, 0.15) is 10.8 Å². The average molecular weight is 351 g/mol. The van der Waals surface area contributed by atoms with Crippen molar-refractivity contribution in [3.8, 4) is 5.75 Å². The molecule has 122 valence electrons. The van der Waals surface area contributed by atoms with Crippen molar-refractivity contribution < 1.29 is 19.1 Å². The van der Waals surface area contributed by atoms with E-state index in [4.69, 9.17) is 9.47 Å². The molecule has 1 heterocycles. The number of para-hydroxylation sites is 1. The van der Waals surface area contributed by atoms with E-state index in [2.05, 4.69) is 5.32 Å². The number of hydrogen-bond acceptors (Lipinski definition) is 6. The molecule has 0 saturated carbocycles. The molecule has 2 rings (SSSR count). The van der Waals surface area contributed by atoms with Crippen LogP contribution >= 0.6 is 23.1 Å². The van der Waals surface area contributed by atoms with Crippen molar-refractivity contribution in [1.82, 2.24) is 0 Å². The van der Waals surface area contributed by atoms with Gasteiger partial charge in [0, 0.05) is 4.90 Å². The van der Waals surface area contributed by atoms with Gasteiger partial charge in [0.2, 0.25) is 5.91 Å². The summed E-state index contributed by atoms with van der Waals surface area (Å²) in [6.07, 6.45) is 0. The summed E-state index contributed by atoms with van der Waals surface area (Å²) in [5, 5.41) is 5.01. The molecule has 2 aromatic rings. The number of thiophene rings is 1. The Morgan fingerprint density at radius 2 is 2.04 bits per heavy atom. The van der Waals surface area contributed by atoms with Crippen LogP contribution in [0, 0.1) is 0 Å². The number of methoxy groups -OCH3 is 1. The van der Waals surface area contributed by atoms with E-state index in [0.29, 0.717) is 17.2 Å². The van der Waals surface area contributed by atoms with E-state index in [1.807, 2.05) is 24.3 Å². The number of carbonyl (C=O) groups is 2. The van der Waals surface area contributed by atoms with Crippen LogP contribution in [0.25, 0.3) is 0 Å². The van der Waals surface area contributed by atoms with E-state index in [-0.39, 0.29) is 11.7 Å². The number of carbonyl (C=O) groups excluding carboxylic acids is 2. The van der Waals surface area contributed by atoms with Gasteiger partial charge in [0.25, 0.3) is 0 Å². The number of thioether (sulfide) groups is 1. The van der Waals surface area contributed by atoms with Gasteiger partial charge in [-0.25, -0.2) is 4.79 Å². The quantitative estimate of drug-likeness (QED) is 0.609. The third-order valence-electron chi connectivity index (χ3n) is 2.84. The first-order valence-corrected chi connectivity index (χ1v) is 8.82. The van der Waals surface area contributed by atoms with E-state index in [9.17, 15) is 9.59 Å². The van der Waals surface area contributed by atoms with E-state index in [1.54, 1.807) is 25.5 Å². The maximum Gasteiger partial charge on any atom is 0.341 e. The lowest BCUT2D eigenvalue weighted by Gasteiger charge is -2.08. The normalized spacial score (nSPS) is 10.2. The van der Waals surface area contributed by atoms with E-state index >= 15 is 0 Å². The lowest BCUT2D eigenvalue weighted by molar-refractivity contribution is -0.113. The fourth-order valence-corrected chi connectivity index (χ4v) is 3.44. The fourth-order valence-electron chi connectivity index (χ4n) is 1.82. The third-order valence-corrected chi connectivity index (χ3v) is 4.73. The summed E-state index contributed by atoms with van der Waals surface area (Å²) in [6.45, 7) is 2.04. The molecule has 0 aliphatic rings. The Bertz CT molecular complexity index is 684. The van der Waals surface area contributed by atoms with Crippen molar-refractivity contribution in [2.24, 2.45) is 0 Å². The molecule has 0 spiro atoms. The number of ether oxygens (including phenoxy) is 2. The lowest BCUT2D eigenvalue weighted by atomic mass is 10.3. The van der Waals surface area contributed by atoms with Gasteiger partial charge in [-0.1, -0.05) is 12.1 Å². The van der Waals surface area contributed by atoms with Crippen molar-refractivity contribution >= 4 is 40.0 Å². The molecule has 1 amide bonds. The van der Waals surface area contributed by atoms with Crippen LogP contribution in [-0.4, -0.2) is 31.3 Å². The predicted molar refractivity (Wildman–Crippen MR) is 92.6 cm³/mol. The second kappa shape index (κ2) is 8.59. The number of amides is 1. The van der Waals surface area contributed by atoms with Gasteiger partial charge in [-0.2, -0.15) is 0 Å². The molecule has 0 aliphatic carbocycles. The molecule has 0 aliphatic heterocycles. The largest absolute Gasteiger partial charge is 0.496 e. The molecule has 1 aromatic carbocycles. The summed E-state index contributed by atoms with van der Waals surface area (Å²) < 4.78 is 10.2. The summed E-state index contributed by atoms with van der Waals surface area (Å²) in [5.41, 5.74) is 0.382. The molecule has 23 heavy (non-hydrogen) atoms. The Kier molecular flexibility index (Phi) is 6.49. The van der Waals surface area contributed by atoms with Gasteiger partial charge in [-0.05, 0) is 30.5 Å². The first-order valence-electron chi connectivity index (χ1n) is 6.96. The van der Waals surface area contributed by atoms with Gasteiger partial charge in [-0.15, -0.1) is 23.1 Å². The summed E-state index contributed by atoms with van der Waals surface area (Å²) in [7, 11) is 1.59. The molecule has 0 unspecified atom stereocenters. The van der Waals surface area contributed by atoms with Gasteiger partial charge >= 0.3 is 5.97 Å². The van der Waals surface area contributed by atoms with Crippen LogP contribution in [0.4, 0.5) is 5.00 Å². The van der Waals surface area contributed by atoms with Crippen LogP contribution in [0.5, 0.6) is 5.75 Å². The Labute approximate surface area is 143 Å². The molecule has 1 N–H and O–H groups in total. The molecule has 1 aromatic heterocycles. The number of nitrogens with one attached hydrogen (secondary N) is 1. The molecular formula is C16H17NO4S2. The Balaban J connectivity index is 1.95. The van der Waals surface area contributed by atoms with Gasteiger partial charge in [-0.3, -0.25) is 4.79 Å². The molecule has 0 radical (unpaired) electrons. The van der Waals surface area contributed by atoms with Crippen LogP contribution in [0.2, 0.25) is 0 Å². The van der Waals surface area contributed by atoms with E-state index < -0.39 is 5.97 Å². The van der Waals surface area contributed by atoms with Crippen molar-refractivity contribution in [1.29, 1.82) is 0 Å². The molecule has 7 heteroatoms. The highest BCUT2D eigenvalue weighted by molar-refractivity contribution is 8.00. The number of rotatable bonds is 7. The smallest absolute Gasteiger partial charge is 0.341 e. The number of benzene rings is 1. The van der Waals surface area contributed by atoms with Crippen LogP contribution in [0.15, 0.2) is 40.6 Å². The highest BCUT2D eigenvalue weighted by Crippen LogP contribution is 2.29. The van der Waals surface area contributed by atoms with Crippen LogP contribution in [-0.2, 0) is 9.53 Å². The standard InChI is InChI=1S/C16H17NO4S2/c1-3-21-16(19)11-8-9-22-15(11)17-14(18)10-23-13-7-5-4-6-12(13)20-2/h4-9H,3,10H2,1-2H3,(H,17,18). The van der Waals surface area contributed by atoms with Crippen LogP contribution in [0.1, 0.15) is 17.3 Å². The highest BCUT2D eigenvalue weighted by atomic mass is 32.2. The summed E-state index contributed by atoms with van der Waals surface area (Å²) in [4.78, 5) is 24.8. The minimum absolute atomic E-state index is 0.186. The summed E-state index contributed by atoms with van der Waals surface area (Å²) >= 11 is 2.67. The number of anilines is 1. The third kappa shape index (κ3) is 4.74. The zero-order valence-corrected chi connectivity index (χ0v) is 14.5. The van der Waals surface area contributed by atoms with Crippen molar-refractivity contribution in [2.75, 3.05) is 24.8 Å². The molecule has 5 nitrogen and oxygen atoms in total. The van der Waals surface area contributed by atoms with Crippen molar-refractivity contribution in [2.45, 2.75) is 11.8 Å². The zero-order chi connectivity index (χ0) is 16.7. The second-order valence-electron chi connectivity index (χ2n) is 4.37. The second-order valence-corrected chi connectivity index (χ2v) is 6.30. The predicted octanol–water partition coefficient (Wildman–Crippen LogP) is 3.66. The van der Waals surface area contributed by atoms with Gasteiger partial charge in [0.15, 0.2) is 0 Å². The van der Waals surface area contributed by atoms with Crippen molar-refractivity contribution in [3.63, 3.8) is 0 Å². The van der Waals surface area contributed by atoms with E-state index in [0.717, 1.165) is 10.6 Å². The monoisotopic (exact) mass is 351 g/mol. The van der Waals surface area contributed by atoms with Gasteiger partial charge in [0.05, 0.1) is 25.0 Å². The fraction of sp³-hybridized carbons (Fsp3) is 0.250. The van der Waals surface area contributed by atoms with Crippen LogP contribution in [0.3, 0.4) is 0 Å². The molecule has 0 bridgehead atoms. The Hall–Kier alpha value is -1.99. The summed E-state index contributed by atoms with van der Waals surface area (Å²) in [5.74, 6) is 0.338. The number of hydrogen-bond donors (Lipinski definition) is 1. The molecule has 0 fully saturated rings. The first-order chi connectivity index (χ1) is 11.2. The SMILES string of the molecule is CCOC(=O)c1ccsc1NC(=O)CSc1ccccc1OC. The Morgan fingerprint density at radius 3 is 2.78 bits per heavy atom. The molecule has 0 saturated heterocycles. The first kappa shape index (κ1) is 17.4. The highest BCUT2D eigenvalue weighted by Gasteiger charge is 2.16. The maximum absolute atomic E-state index is 12.1. The van der Waals surface area contributed by atoms with E-state index in [1.165, 1.54) is 23.1 Å². The lowest BCUT2D eigenvalue weighted by Crippen LogP contribution is -2.16. The van der Waals surface area contributed by atoms with Crippen molar-refractivity contribution in [3.05, 3.63) is 41.3 Å². The minimum atomic E-state index is -0.429. The summed E-state index contributed by atoms with van der Waals surface area (Å²) in [6, 6.07) is 9.15. The van der Waals surface area contributed by atoms with Crippen LogP contribution < -0.4 is 10.1 Å².